The molecule has 1 saturated heterocycles. The Morgan fingerprint density at radius 3 is 2.44 bits per heavy atom. The van der Waals surface area contributed by atoms with Gasteiger partial charge in [0.15, 0.2) is 6.10 Å². The van der Waals surface area contributed by atoms with Gasteiger partial charge in [0, 0.05) is 42.7 Å². The number of nitrogens with zero attached hydrogens (tertiary/aromatic N) is 3. The molecule has 0 spiro atoms. The number of carboxylic acid groups (broad SMARTS) is 1. The van der Waals surface area contributed by atoms with Gasteiger partial charge in [-0.05, 0) is 55.9 Å². The Kier molecular flexibility index (Phi) is 10.5. The quantitative estimate of drug-likeness (QED) is 0.213. The van der Waals surface area contributed by atoms with Gasteiger partial charge in [0.25, 0.3) is 0 Å². The van der Waals surface area contributed by atoms with Crippen molar-refractivity contribution in [2.24, 2.45) is 5.41 Å². The van der Waals surface area contributed by atoms with E-state index in [0.717, 1.165) is 50.0 Å². The van der Waals surface area contributed by atoms with Crippen molar-refractivity contribution in [3.8, 4) is 22.8 Å². The van der Waals surface area contributed by atoms with Crippen LogP contribution in [0.4, 0.5) is 5.69 Å². The van der Waals surface area contributed by atoms with Crippen molar-refractivity contribution in [1.82, 2.24) is 9.97 Å². The summed E-state index contributed by atoms with van der Waals surface area (Å²) in [6.07, 6.45) is 6.05. The summed E-state index contributed by atoms with van der Waals surface area (Å²) in [6, 6.07) is 11.0. The number of halogens is 1. The lowest BCUT2D eigenvalue weighted by atomic mass is 9.82. The van der Waals surface area contributed by atoms with Crippen molar-refractivity contribution in [3.63, 3.8) is 0 Å². The summed E-state index contributed by atoms with van der Waals surface area (Å²) >= 11 is 6.14. The average Bonchev–Trinajstić information content (AvgIpc) is 2.95. The Morgan fingerprint density at radius 1 is 1.05 bits per heavy atom. The molecule has 0 saturated carbocycles. The number of ether oxygens (including phenoxy) is 3. The highest BCUT2D eigenvalue weighted by Gasteiger charge is 2.34. The van der Waals surface area contributed by atoms with Gasteiger partial charge in [0.1, 0.15) is 24.7 Å². The predicted molar refractivity (Wildman–Crippen MR) is 161 cm³/mol. The number of hydrogen-bond acceptors (Lipinski definition) is 7. The number of carboxylic acids is 1. The molecule has 8 nitrogen and oxygen atoms in total. The minimum absolute atomic E-state index is 0.232. The van der Waals surface area contributed by atoms with Crippen LogP contribution in [0.5, 0.6) is 11.5 Å². The molecule has 1 atom stereocenters. The number of para-hydroxylation sites is 1. The highest BCUT2D eigenvalue weighted by molar-refractivity contribution is 6.32. The molecule has 3 aromatic rings. The van der Waals surface area contributed by atoms with E-state index in [9.17, 15) is 9.90 Å². The Morgan fingerprint density at radius 2 is 1.78 bits per heavy atom. The van der Waals surface area contributed by atoms with E-state index in [1.165, 1.54) is 0 Å². The van der Waals surface area contributed by atoms with Gasteiger partial charge in [-0.1, -0.05) is 50.9 Å². The van der Waals surface area contributed by atoms with Gasteiger partial charge in [-0.25, -0.2) is 4.79 Å². The van der Waals surface area contributed by atoms with Gasteiger partial charge in [0.2, 0.25) is 0 Å². The van der Waals surface area contributed by atoms with Gasteiger partial charge in [-0.3, -0.25) is 9.97 Å². The molecule has 3 heterocycles. The van der Waals surface area contributed by atoms with E-state index in [2.05, 4.69) is 30.7 Å². The third kappa shape index (κ3) is 7.89. The maximum atomic E-state index is 12.5. The first-order valence-electron chi connectivity index (χ1n) is 14.3. The molecule has 220 valence electrons. The molecule has 1 aliphatic rings. The van der Waals surface area contributed by atoms with E-state index < -0.39 is 12.1 Å². The lowest BCUT2D eigenvalue weighted by Crippen LogP contribution is -2.39. The number of carbonyl (C=O) groups is 1. The lowest BCUT2D eigenvalue weighted by molar-refractivity contribution is -0.151. The first kappa shape index (κ1) is 30.6. The summed E-state index contributed by atoms with van der Waals surface area (Å²) in [5, 5.41) is 10.8. The minimum Gasteiger partial charge on any atom is -0.488 e. The highest BCUT2D eigenvalue weighted by Crippen LogP contribution is 2.42. The fourth-order valence-electron chi connectivity index (χ4n) is 4.91. The highest BCUT2D eigenvalue weighted by atomic mass is 35.5. The van der Waals surface area contributed by atoms with Gasteiger partial charge < -0.3 is 24.2 Å². The third-order valence-corrected chi connectivity index (χ3v) is 7.76. The summed E-state index contributed by atoms with van der Waals surface area (Å²) in [7, 11) is 0. The van der Waals surface area contributed by atoms with Crippen molar-refractivity contribution in [2.45, 2.75) is 59.5 Å². The molecule has 0 unspecified atom stereocenters. The summed E-state index contributed by atoms with van der Waals surface area (Å²) in [5.74, 6) is 0.197. The second kappa shape index (κ2) is 14.0. The second-order valence-corrected chi connectivity index (χ2v) is 11.5. The summed E-state index contributed by atoms with van der Waals surface area (Å²) in [4.78, 5) is 24.1. The lowest BCUT2D eigenvalue weighted by Gasteiger charge is -2.40. The van der Waals surface area contributed by atoms with Crippen molar-refractivity contribution in [1.29, 1.82) is 0 Å². The molecule has 2 aromatic heterocycles. The fraction of sp³-hybridized carbons (Fsp3) is 0.469. The number of pyridine rings is 2. The van der Waals surface area contributed by atoms with E-state index >= 15 is 0 Å². The first-order chi connectivity index (χ1) is 19.7. The molecule has 1 N–H and O–H groups in total. The summed E-state index contributed by atoms with van der Waals surface area (Å²) in [6.45, 7) is 11.1. The number of hydrogen-bond donors (Lipinski definition) is 1. The van der Waals surface area contributed by atoms with E-state index in [4.69, 9.17) is 30.8 Å². The zero-order valence-electron chi connectivity index (χ0n) is 24.4. The molecule has 0 amide bonds. The van der Waals surface area contributed by atoms with Crippen LogP contribution >= 0.6 is 11.6 Å². The van der Waals surface area contributed by atoms with Crippen LogP contribution in [-0.4, -0.2) is 54.0 Å². The molecule has 1 aromatic carbocycles. The fourth-order valence-corrected chi connectivity index (χ4v) is 5.10. The smallest absolute Gasteiger partial charge is 0.337 e. The van der Waals surface area contributed by atoms with Crippen LogP contribution < -0.4 is 14.4 Å². The molecule has 9 heteroatoms. The molecule has 0 aliphatic carbocycles. The molecule has 4 rings (SSSR count). The molecule has 0 radical (unpaired) electrons. The molecular formula is C32H40ClN3O5. The van der Waals surface area contributed by atoms with E-state index in [0.29, 0.717) is 53.3 Å². The number of piperidine rings is 1. The van der Waals surface area contributed by atoms with Gasteiger partial charge >= 0.3 is 5.97 Å². The number of aliphatic carboxylic acids is 1. The van der Waals surface area contributed by atoms with Gasteiger partial charge in [0.05, 0.1) is 22.6 Å². The zero-order valence-corrected chi connectivity index (χ0v) is 25.1. The van der Waals surface area contributed by atoms with Crippen molar-refractivity contribution < 1.29 is 24.1 Å². The maximum Gasteiger partial charge on any atom is 0.337 e. The normalized spacial score (nSPS) is 15.4. The largest absolute Gasteiger partial charge is 0.488 e. The number of aryl methyl sites for hydroxylation is 1. The summed E-state index contributed by atoms with van der Waals surface area (Å²) in [5.41, 5.74) is 3.79. The zero-order chi connectivity index (χ0) is 29.4. The standard InChI is InChI=1S/C32H40ClN3O5/c1-5-6-17-41-30(31(37)38)28-22(2)34-21-24(29(28)36-15-13-32(3,4)14-16-36)26-12-11-23(20-35-26)39-18-19-40-27-10-8-7-9-25(27)33/h7-12,20-21,30H,5-6,13-19H2,1-4H3,(H,37,38)/t30-/m0/s1. The van der Waals surface area contributed by atoms with Crippen LogP contribution in [-0.2, 0) is 9.53 Å². The predicted octanol–water partition coefficient (Wildman–Crippen LogP) is 7.13. The van der Waals surface area contributed by atoms with Crippen LogP contribution in [0, 0.1) is 12.3 Å². The van der Waals surface area contributed by atoms with Crippen molar-refractivity contribution >= 4 is 23.3 Å². The SMILES string of the molecule is CCCCO[C@H](C(=O)O)c1c(C)ncc(-c2ccc(OCCOc3ccccc3Cl)cn2)c1N1CCC(C)(C)CC1. The van der Waals surface area contributed by atoms with E-state index in [-0.39, 0.29) is 5.41 Å². The maximum absolute atomic E-state index is 12.5. The number of aromatic nitrogens is 2. The van der Waals surface area contributed by atoms with Crippen molar-refractivity contribution in [2.75, 3.05) is 37.8 Å². The van der Waals surface area contributed by atoms with Crippen LogP contribution in [0.2, 0.25) is 5.02 Å². The Bertz CT molecular complexity index is 1310. The monoisotopic (exact) mass is 581 g/mol. The number of unbranched alkanes of at least 4 members (excludes halogenated alkanes) is 1. The van der Waals surface area contributed by atoms with E-state index in [1.807, 2.05) is 37.3 Å². The topological polar surface area (TPSA) is 94.0 Å². The van der Waals surface area contributed by atoms with Crippen molar-refractivity contribution in [3.05, 3.63) is 65.1 Å². The molecule has 1 aliphatic heterocycles. The average molecular weight is 582 g/mol. The Hall–Kier alpha value is -3.36. The minimum atomic E-state index is -1.11. The molecule has 0 bridgehead atoms. The Balaban J connectivity index is 1.59. The van der Waals surface area contributed by atoms with Crippen LogP contribution in [0.25, 0.3) is 11.3 Å². The first-order valence-corrected chi connectivity index (χ1v) is 14.6. The molecule has 41 heavy (non-hydrogen) atoms. The second-order valence-electron chi connectivity index (χ2n) is 11.1. The number of rotatable bonds is 13. The molecule has 1 fully saturated rings. The van der Waals surface area contributed by atoms with Gasteiger partial charge in [-0.15, -0.1) is 0 Å². The van der Waals surface area contributed by atoms with E-state index in [1.54, 1.807) is 18.5 Å². The molecular weight excluding hydrogens is 542 g/mol. The van der Waals surface area contributed by atoms with Gasteiger partial charge in [-0.2, -0.15) is 0 Å². The third-order valence-electron chi connectivity index (χ3n) is 7.45. The summed E-state index contributed by atoms with van der Waals surface area (Å²) < 4.78 is 17.5. The van der Waals surface area contributed by atoms with Crippen LogP contribution in [0.1, 0.15) is 63.8 Å². The Labute approximate surface area is 247 Å². The number of anilines is 1. The number of benzene rings is 1. The van der Waals surface area contributed by atoms with Crippen LogP contribution in [0.15, 0.2) is 48.8 Å². The van der Waals surface area contributed by atoms with Crippen LogP contribution in [0.3, 0.4) is 0 Å².